The van der Waals surface area contributed by atoms with E-state index in [2.05, 4.69) is 0 Å². The van der Waals surface area contributed by atoms with Crippen molar-refractivity contribution in [2.24, 2.45) is 0 Å². The fourth-order valence-electron chi connectivity index (χ4n) is 2.99. The molecule has 2 atom stereocenters. The fraction of sp³-hybridized carbons (Fsp3) is 0.786. The van der Waals surface area contributed by atoms with E-state index < -0.39 is 5.97 Å². The maximum absolute atomic E-state index is 12.4. The molecular formula is C14H23N3O4. The summed E-state index contributed by atoms with van der Waals surface area (Å²) in [5, 5.41) is 8.78. The Morgan fingerprint density at radius 1 is 1.29 bits per heavy atom. The molecule has 2 amide bonds. The van der Waals surface area contributed by atoms with Crippen molar-refractivity contribution in [3.8, 4) is 0 Å². The van der Waals surface area contributed by atoms with Gasteiger partial charge in [0.1, 0.15) is 0 Å². The summed E-state index contributed by atoms with van der Waals surface area (Å²) in [7, 11) is 0. The number of hydrogen-bond acceptors (Lipinski definition) is 5. The Kier molecular flexibility index (Phi) is 4.95. The lowest BCUT2D eigenvalue weighted by Gasteiger charge is -2.36. The molecule has 0 aromatic heterocycles. The Labute approximate surface area is 124 Å². The highest BCUT2D eigenvalue weighted by Gasteiger charge is 2.44. The zero-order valence-electron chi connectivity index (χ0n) is 12.6. The van der Waals surface area contributed by atoms with Crippen LogP contribution in [0.3, 0.4) is 0 Å². The molecule has 2 rings (SSSR count). The number of carbonyl (C=O) groups is 3. The largest absolute Gasteiger partial charge is 0.480 e. The van der Waals surface area contributed by atoms with Crippen LogP contribution in [0.4, 0.5) is 0 Å². The quantitative estimate of drug-likeness (QED) is 0.696. The van der Waals surface area contributed by atoms with Crippen LogP contribution in [0.25, 0.3) is 0 Å². The highest BCUT2D eigenvalue weighted by Crippen LogP contribution is 2.23. The normalized spacial score (nSPS) is 26.4. The average molecular weight is 297 g/mol. The molecule has 0 radical (unpaired) electrons. The molecule has 0 bridgehead atoms. The van der Waals surface area contributed by atoms with Gasteiger partial charge in [0.15, 0.2) is 0 Å². The molecule has 7 heteroatoms. The van der Waals surface area contributed by atoms with Crippen molar-refractivity contribution in [3.63, 3.8) is 0 Å². The van der Waals surface area contributed by atoms with Gasteiger partial charge in [-0.05, 0) is 13.3 Å². The van der Waals surface area contributed by atoms with E-state index in [4.69, 9.17) is 5.11 Å². The summed E-state index contributed by atoms with van der Waals surface area (Å²) >= 11 is 0. The van der Waals surface area contributed by atoms with E-state index in [-0.39, 0.29) is 36.9 Å². The Hall–Kier alpha value is -1.47. The predicted octanol–water partition coefficient (Wildman–Crippen LogP) is -0.385. The topological polar surface area (TPSA) is 81.2 Å². The van der Waals surface area contributed by atoms with Crippen molar-refractivity contribution in [2.75, 3.05) is 32.7 Å². The molecule has 2 aliphatic heterocycles. The molecule has 2 aliphatic rings. The van der Waals surface area contributed by atoms with E-state index in [1.807, 2.05) is 23.6 Å². The molecule has 0 aromatic rings. The van der Waals surface area contributed by atoms with Crippen molar-refractivity contribution < 1.29 is 19.5 Å². The van der Waals surface area contributed by atoms with Gasteiger partial charge in [-0.2, -0.15) is 0 Å². The van der Waals surface area contributed by atoms with Crippen LogP contribution in [0.5, 0.6) is 0 Å². The highest BCUT2D eigenvalue weighted by molar-refractivity contribution is 6.05. The predicted molar refractivity (Wildman–Crippen MR) is 75.7 cm³/mol. The molecule has 0 aliphatic carbocycles. The van der Waals surface area contributed by atoms with E-state index in [1.54, 1.807) is 0 Å². The van der Waals surface area contributed by atoms with Gasteiger partial charge in [0.25, 0.3) is 0 Å². The van der Waals surface area contributed by atoms with E-state index >= 15 is 0 Å². The first kappa shape index (κ1) is 15.9. The van der Waals surface area contributed by atoms with Crippen LogP contribution in [0.15, 0.2) is 0 Å². The van der Waals surface area contributed by atoms with Gasteiger partial charge in [0.05, 0.1) is 19.0 Å². The van der Waals surface area contributed by atoms with E-state index in [0.717, 1.165) is 6.42 Å². The van der Waals surface area contributed by atoms with Gasteiger partial charge >= 0.3 is 5.97 Å². The van der Waals surface area contributed by atoms with Gasteiger partial charge in [0, 0.05) is 32.2 Å². The third-order valence-electron chi connectivity index (χ3n) is 4.40. The highest BCUT2D eigenvalue weighted by atomic mass is 16.4. The van der Waals surface area contributed by atoms with Gasteiger partial charge in [-0.15, -0.1) is 0 Å². The summed E-state index contributed by atoms with van der Waals surface area (Å²) in [6.45, 7) is 6.38. The SMILES string of the molecule is CCC(C)N1C(=O)CC(N2CCN(CC(=O)O)CC2)C1=O. The van der Waals surface area contributed by atoms with Gasteiger partial charge in [-0.25, -0.2) is 0 Å². The number of hydrogen-bond donors (Lipinski definition) is 1. The zero-order valence-corrected chi connectivity index (χ0v) is 12.6. The summed E-state index contributed by atoms with van der Waals surface area (Å²) in [6, 6.07) is -0.415. The molecule has 118 valence electrons. The number of carbonyl (C=O) groups excluding carboxylic acids is 2. The van der Waals surface area contributed by atoms with E-state index in [1.165, 1.54) is 4.90 Å². The van der Waals surface area contributed by atoms with Gasteiger partial charge < -0.3 is 5.11 Å². The lowest BCUT2D eigenvalue weighted by molar-refractivity contribution is -0.143. The lowest BCUT2D eigenvalue weighted by atomic mass is 10.1. The van der Waals surface area contributed by atoms with Crippen LogP contribution < -0.4 is 0 Å². The molecular weight excluding hydrogens is 274 g/mol. The molecule has 7 nitrogen and oxygen atoms in total. The van der Waals surface area contributed by atoms with Crippen LogP contribution in [0.2, 0.25) is 0 Å². The molecule has 1 N–H and O–H groups in total. The van der Waals surface area contributed by atoms with Gasteiger partial charge in [-0.3, -0.25) is 29.1 Å². The number of likely N-dealkylation sites (tertiary alicyclic amines) is 1. The molecule has 2 saturated heterocycles. The third-order valence-corrected chi connectivity index (χ3v) is 4.40. The first-order valence-corrected chi connectivity index (χ1v) is 7.48. The standard InChI is InChI=1S/C14H23N3O4/c1-3-10(2)17-12(18)8-11(14(17)21)16-6-4-15(5-7-16)9-13(19)20/h10-11H,3-9H2,1-2H3,(H,19,20). The second-order valence-electron chi connectivity index (χ2n) is 5.79. The van der Waals surface area contributed by atoms with Crippen LogP contribution >= 0.6 is 0 Å². The maximum atomic E-state index is 12.4. The molecule has 2 unspecified atom stereocenters. The smallest absolute Gasteiger partial charge is 0.317 e. The van der Waals surface area contributed by atoms with Crippen LogP contribution in [0.1, 0.15) is 26.7 Å². The molecule has 2 fully saturated rings. The first-order valence-electron chi connectivity index (χ1n) is 7.48. The number of aliphatic carboxylic acids is 1. The molecule has 21 heavy (non-hydrogen) atoms. The Balaban J connectivity index is 1.94. The van der Waals surface area contributed by atoms with Gasteiger partial charge in [-0.1, -0.05) is 6.92 Å². The number of nitrogens with zero attached hydrogens (tertiary/aromatic N) is 3. The van der Waals surface area contributed by atoms with Crippen molar-refractivity contribution >= 4 is 17.8 Å². The van der Waals surface area contributed by atoms with Gasteiger partial charge in [0.2, 0.25) is 11.8 Å². The summed E-state index contributed by atoms with van der Waals surface area (Å²) in [5.74, 6) is -1.02. The Morgan fingerprint density at radius 3 is 2.43 bits per heavy atom. The number of carboxylic acid groups (broad SMARTS) is 1. The lowest BCUT2D eigenvalue weighted by Crippen LogP contribution is -2.53. The maximum Gasteiger partial charge on any atom is 0.317 e. The fourth-order valence-corrected chi connectivity index (χ4v) is 2.99. The molecule has 0 spiro atoms. The molecule has 0 aromatic carbocycles. The summed E-state index contributed by atoms with van der Waals surface area (Å²) in [4.78, 5) is 40.4. The van der Waals surface area contributed by atoms with Crippen molar-refractivity contribution in [2.45, 2.75) is 38.8 Å². The minimum Gasteiger partial charge on any atom is -0.480 e. The zero-order chi connectivity index (χ0) is 15.6. The number of rotatable bonds is 5. The summed E-state index contributed by atoms with van der Waals surface area (Å²) in [5.41, 5.74) is 0. The molecule has 2 heterocycles. The Bertz CT molecular complexity index is 432. The molecule has 0 saturated carbocycles. The summed E-state index contributed by atoms with van der Waals surface area (Å²) < 4.78 is 0. The van der Waals surface area contributed by atoms with Crippen LogP contribution in [-0.2, 0) is 14.4 Å². The number of carboxylic acids is 1. The number of imide groups is 1. The second-order valence-corrected chi connectivity index (χ2v) is 5.79. The monoisotopic (exact) mass is 297 g/mol. The number of piperazine rings is 1. The first-order chi connectivity index (χ1) is 9.93. The van der Waals surface area contributed by atoms with Crippen molar-refractivity contribution in [3.05, 3.63) is 0 Å². The van der Waals surface area contributed by atoms with Crippen LogP contribution in [0, 0.1) is 0 Å². The average Bonchev–Trinajstić information content (AvgIpc) is 2.73. The summed E-state index contributed by atoms with van der Waals surface area (Å²) in [6.07, 6.45) is 1.01. The van der Waals surface area contributed by atoms with Crippen molar-refractivity contribution in [1.82, 2.24) is 14.7 Å². The van der Waals surface area contributed by atoms with Crippen LogP contribution in [-0.4, -0.2) is 82.4 Å². The number of amides is 2. The van der Waals surface area contributed by atoms with Crippen molar-refractivity contribution in [1.29, 1.82) is 0 Å². The minimum absolute atomic E-state index is 0.0321. The van der Waals surface area contributed by atoms with E-state index in [0.29, 0.717) is 26.2 Å². The van der Waals surface area contributed by atoms with E-state index in [9.17, 15) is 14.4 Å². The third kappa shape index (κ3) is 3.41. The second kappa shape index (κ2) is 6.53. The minimum atomic E-state index is -0.835. The Morgan fingerprint density at radius 2 is 1.90 bits per heavy atom.